The molecule has 1 atom stereocenters. The molecular formula is C16H11F3O2S. The highest BCUT2D eigenvalue weighted by Crippen LogP contribution is 2.46. The first kappa shape index (κ1) is 15.0. The average molecular weight is 324 g/mol. The number of carbonyl (C=O) groups is 1. The summed E-state index contributed by atoms with van der Waals surface area (Å²) in [4.78, 5) is 12.1. The minimum absolute atomic E-state index is 0.187. The van der Waals surface area contributed by atoms with E-state index in [9.17, 15) is 18.0 Å². The van der Waals surface area contributed by atoms with Gasteiger partial charge >= 0.3 is 11.5 Å². The van der Waals surface area contributed by atoms with Gasteiger partial charge in [-0.05, 0) is 17.8 Å². The van der Waals surface area contributed by atoms with Crippen LogP contribution in [0.1, 0.15) is 21.5 Å². The number of fused-ring (bicyclic) bond motifs is 1. The van der Waals surface area contributed by atoms with Gasteiger partial charge in [-0.1, -0.05) is 48.5 Å². The summed E-state index contributed by atoms with van der Waals surface area (Å²) in [6, 6.07) is 15.1. The van der Waals surface area contributed by atoms with Crippen molar-refractivity contribution in [3.63, 3.8) is 0 Å². The normalized spacial score (nSPS) is 20.6. The first-order valence-corrected chi connectivity index (χ1v) is 7.50. The fraction of sp³-hybridized carbons (Fsp3) is 0.188. The molecule has 0 saturated carbocycles. The van der Waals surface area contributed by atoms with Crippen molar-refractivity contribution < 1.29 is 22.7 Å². The highest BCUT2D eigenvalue weighted by Gasteiger charge is 2.49. The SMILES string of the molecule is O=C1OC(CSC(F)(F)F)(c2ccccc2)c2ccccc21. The van der Waals surface area contributed by atoms with Crippen LogP contribution in [0.3, 0.4) is 0 Å². The van der Waals surface area contributed by atoms with Crippen LogP contribution < -0.4 is 0 Å². The van der Waals surface area contributed by atoms with Crippen molar-refractivity contribution in [1.29, 1.82) is 0 Å². The number of esters is 1. The Hall–Kier alpha value is -1.95. The molecule has 0 aliphatic carbocycles. The Morgan fingerprint density at radius 1 is 1.00 bits per heavy atom. The molecule has 22 heavy (non-hydrogen) atoms. The molecule has 2 aromatic carbocycles. The number of cyclic esters (lactones) is 1. The lowest BCUT2D eigenvalue weighted by atomic mass is 9.87. The maximum Gasteiger partial charge on any atom is 0.442 e. The lowest BCUT2D eigenvalue weighted by molar-refractivity contribution is -0.0347. The minimum atomic E-state index is -4.40. The number of hydrogen-bond donors (Lipinski definition) is 0. The summed E-state index contributed by atoms with van der Waals surface area (Å²) < 4.78 is 43.5. The summed E-state index contributed by atoms with van der Waals surface area (Å²) in [6.07, 6.45) is 0. The zero-order chi connectivity index (χ0) is 15.8. The van der Waals surface area contributed by atoms with Crippen LogP contribution in [0.15, 0.2) is 54.6 Å². The van der Waals surface area contributed by atoms with Gasteiger partial charge in [-0.25, -0.2) is 4.79 Å². The second kappa shape index (κ2) is 5.35. The molecule has 0 spiro atoms. The number of hydrogen-bond acceptors (Lipinski definition) is 3. The van der Waals surface area contributed by atoms with Gasteiger partial charge in [0.2, 0.25) is 0 Å². The molecule has 6 heteroatoms. The first-order valence-electron chi connectivity index (χ1n) is 6.51. The summed E-state index contributed by atoms with van der Waals surface area (Å²) in [5, 5.41) is 0. The molecule has 1 aliphatic rings. The average Bonchev–Trinajstić information content (AvgIpc) is 2.80. The fourth-order valence-corrected chi connectivity index (χ4v) is 3.33. The van der Waals surface area contributed by atoms with Crippen LogP contribution in [0, 0.1) is 0 Å². The van der Waals surface area contributed by atoms with E-state index in [1.807, 2.05) is 0 Å². The van der Waals surface area contributed by atoms with E-state index in [-0.39, 0.29) is 11.8 Å². The van der Waals surface area contributed by atoms with Crippen LogP contribution in [0.2, 0.25) is 0 Å². The second-order valence-corrected chi connectivity index (χ2v) is 5.90. The molecule has 2 aromatic rings. The molecule has 3 rings (SSSR count). The third-order valence-corrected chi connectivity index (χ3v) is 4.41. The Balaban J connectivity index is 2.12. The van der Waals surface area contributed by atoms with E-state index in [0.717, 1.165) is 0 Å². The topological polar surface area (TPSA) is 26.3 Å². The monoisotopic (exact) mass is 324 g/mol. The van der Waals surface area contributed by atoms with Crippen LogP contribution in [-0.4, -0.2) is 17.2 Å². The summed E-state index contributed by atoms with van der Waals surface area (Å²) >= 11 is -0.187. The summed E-state index contributed by atoms with van der Waals surface area (Å²) in [7, 11) is 0. The van der Waals surface area contributed by atoms with Crippen LogP contribution in [0.25, 0.3) is 0 Å². The molecule has 0 fully saturated rings. The van der Waals surface area contributed by atoms with Gasteiger partial charge in [-0.15, -0.1) is 0 Å². The van der Waals surface area contributed by atoms with Crippen LogP contribution in [0.5, 0.6) is 0 Å². The second-order valence-electron chi connectivity index (χ2n) is 4.86. The quantitative estimate of drug-likeness (QED) is 0.785. The molecule has 0 bridgehead atoms. The molecule has 0 radical (unpaired) electrons. The summed E-state index contributed by atoms with van der Waals surface area (Å²) in [5.74, 6) is -1.01. The van der Waals surface area contributed by atoms with E-state index < -0.39 is 22.8 Å². The lowest BCUT2D eigenvalue weighted by Gasteiger charge is -2.29. The molecule has 1 aliphatic heterocycles. The Morgan fingerprint density at radius 2 is 1.64 bits per heavy atom. The van der Waals surface area contributed by atoms with Crippen molar-refractivity contribution in [1.82, 2.24) is 0 Å². The molecule has 2 nitrogen and oxygen atoms in total. The third-order valence-electron chi connectivity index (χ3n) is 3.53. The molecule has 0 N–H and O–H groups in total. The van der Waals surface area contributed by atoms with E-state index in [4.69, 9.17) is 4.74 Å². The van der Waals surface area contributed by atoms with E-state index in [1.54, 1.807) is 54.6 Å². The zero-order valence-electron chi connectivity index (χ0n) is 11.3. The predicted octanol–water partition coefficient (Wildman–Crippen LogP) is 4.35. The minimum Gasteiger partial charge on any atom is -0.445 e. The van der Waals surface area contributed by atoms with Gasteiger partial charge in [0.1, 0.15) is 0 Å². The molecule has 0 aromatic heterocycles. The van der Waals surface area contributed by atoms with Gasteiger partial charge in [-0.2, -0.15) is 13.2 Å². The maximum atomic E-state index is 12.7. The van der Waals surface area contributed by atoms with Gasteiger partial charge in [0, 0.05) is 11.1 Å². The van der Waals surface area contributed by atoms with Crippen molar-refractivity contribution in [2.75, 3.05) is 5.75 Å². The standard InChI is InChI=1S/C16H11F3O2S/c17-16(18,19)22-10-15(11-6-2-1-3-7-11)13-9-5-4-8-12(13)14(20)21-15/h1-9H,10H2. The zero-order valence-corrected chi connectivity index (χ0v) is 12.1. The molecule has 0 saturated heterocycles. The third kappa shape index (κ3) is 2.59. The first-order chi connectivity index (χ1) is 10.4. The van der Waals surface area contributed by atoms with Crippen LogP contribution in [0.4, 0.5) is 13.2 Å². The van der Waals surface area contributed by atoms with E-state index in [1.165, 1.54) is 0 Å². The number of benzene rings is 2. The smallest absolute Gasteiger partial charge is 0.442 e. The molecule has 114 valence electrons. The Morgan fingerprint density at radius 3 is 2.32 bits per heavy atom. The number of ether oxygens (including phenoxy) is 1. The number of carbonyl (C=O) groups excluding carboxylic acids is 1. The molecule has 0 amide bonds. The number of alkyl halides is 3. The Kier molecular flexibility index (Phi) is 3.64. The summed E-state index contributed by atoms with van der Waals surface area (Å²) in [5.41, 5.74) is -4.48. The van der Waals surface area contributed by atoms with Crippen molar-refractivity contribution >= 4 is 17.7 Å². The van der Waals surface area contributed by atoms with Crippen LogP contribution in [-0.2, 0) is 10.3 Å². The van der Waals surface area contributed by atoms with E-state index in [2.05, 4.69) is 0 Å². The maximum absolute atomic E-state index is 12.7. The van der Waals surface area contributed by atoms with Gasteiger partial charge in [0.25, 0.3) is 0 Å². The Labute approximate surface area is 129 Å². The van der Waals surface area contributed by atoms with E-state index >= 15 is 0 Å². The van der Waals surface area contributed by atoms with Crippen molar-refractivity contribution in [2.45, 2.75) is 11.1 Å². The molecular weight excluding hydrogens is 313 g/mol. The van der Waals surface area contributed by atoms with E-state index in [0.29, 0.717) is 16.7 Å². The lowest BCUT2D eigenvalue weighted by Crippen LogP contribution is -2.32. The largest absolute Gasteiger partial charge is 0.445 e. The summed E-state index contributed by atoms with van der Waals surface area (Å²) in [6.45, 7) is 0. The van der Waals surface area contributed by atoms with Crippen molar-refractivity contribution in [2.24, 2.45) is 0 Å². The van der Waals surface area contributed by atoms with Gasteiger partial charge < -0.3 is 4.74 Å². The van der Waals surface area contributed by atoms with Crippen molar-refractivity contribution in [3.05, 3.63) is 71.3 Å². The molecule has 1 heterocycles. The Bertz CT molecular complexity index is 700. The number of thioether (sulfide) groups is 1. The highest BCUT2D eigenvalue weighted by molar-refractivity contribution is 8.00. The molecule has 1 unspecified atom stereocenters. The number of rotatable bonds is 3. The van der Waals surface area contributed by atoms with Gasteiger partial charge in [0.05, 0.1) is 11.3 Å². The van der Waals surface area contributed by atoms with Crippen LogP contribution >= 0.6 is 11.8 Å². The fourth-order valence-electron chi connectivity index (χ4n) is 2.58. The van der Waals surface area contributed by atoms with Gasteiger partial charge in [0.15, 0.2) is 5.60 Å². The predicted molar refractivity (Wildman–Crippen MR) is 77.6 cm³/mol. The number of halogens is 3. The highest BCUT2D eigenvalue weighted by atomic mass is 32.2. The van der Waals surface area contributed by atoms with Gasteiger partial charge in [-0.3, -0.25) is 0 Å². The van der Waals surface area contributed by atoms with Crippen molar-refractivity contribution in [3.8, 4) is 0 Å².